The Balaban J connectivity index is 2.27. The van der Waals surface area contributed by atoms with E-state index in [-0.39, 0.29) is 5.92 Å². The molecule has 0 unspecified atom stereocenters. The number of H-pyrrole nitrogens is 1. The molecule has 0 atom stereocenters. The summed E-state index contributed by atoms with van der Waals surface area (Å²) in [5.74, 6) is 1.10. The first-order valence-corrected chi connectivity index (χ1v) is 7.02. The summed E-state index contributed by atoms with van der Waals surface area (Å²) < 4.78 is 1.58. The zero-order chi connectivity index (χ0) is 14.3. The fraction of sp³-hybridized carbons (Fsp3) is 0.333. The summed E-state index contributed by atoms with van der Waals surface area (Å²) in [4.78, 5) is 15.4. The predicted molar refractivity (Wildman–Crippen MR) is 77.5 cm³/mol. The van der Waals surface area contributed by atoms with Gasteiger partial charge in [-0.05, 0) is 5.92 Å². The van der Waals surface area contributed by atoms with Crippen LogP contribution in [0.5, 0.6) is 0 Å². The van der Waals surface area contributed by atoms with Crippen LogP contribution in [-0.4, -0.2) is 29.7 Å². The average Bonchev–Trinajstić information content (AvgIpc) is 3.02. The average molecular weight is 311 g/mol. The highest BCUT2D eigenvalue weighted by Gasteiger charge is 2.21. The van der Waals surface area contributed by atoms with Gasteiger partial charge in [-0.3, -0.25) is 0 Å². The second kappa shape index (κ2) is 5.03. The van der Waals surface area contributed by atoms with Gasteiger partial charge in [0.25, 0.3) is 0 Å². The van der Waals surface area contributed by atoms with Crippen LogP contribution in [0.25, 0.3) is 17.0 Å². The Kier molecular flexibility index (Phi) is 3.35. The van der Waals surface area contributed by atoms with E-state index in [1.807, 2.05) is 13.8 Å². The summed E-state index contributed by atoms with van der Waals surface area (Å²) in [6, 6.07) is 0. The molecule has 3 heterocycles. The molecule has 8 heteroatoms. The van der Waals surface area contributed by atoms with Crippen molar-refractivity contribution in [2.45, 2.75) is 25.6 Å². The molecule has 0 aromatic carbocycles. The van der Waals surface area contributed by atoms with E-state index in [9.17, 15) is 0 Å². The summed E-state index contributed by atoms with van der Waals surface area (Å²) in [5.41, 5.74) is 2.96. The number of hydrogen-bond donors (Lipinski definition) is 1. The Morgan fingerprint density at radius 2 is 2.10 bits per heavy atom. The van der Waals surface area contributed by atoms with Crippen LogP contribution < -0.4 is 0 Å². The normalized spacial score (nSPS) is 11.7. The zero-order valence-corrected chi connectivity index (χ0v) is 12.4. The van der Waals surface area contributed by atoms with Crippen LogP contribution >= 0.6 is 23.2 Å². The molecule has 3 aromatic heterocycles. The van der Waals surface area contributed by atoms with Gasteiger partial charge in [0, 0.05) is 5.56 Å². The lowest BCUT2D eigenvalue weighted by Crippen LogP contribution is -2.02. The highest BCUT2D eigenvalue weighted by Crippen LogP contribution is 2.30. The molecule has 3 rings (SSSR count). The van der Waals surface area contributed by atoms with Crippen LogP contribution in [0.2, 0.25) is 5.15 Å². The molecule has 0 radical (unpaired) electrons. The van der Waals surface area contributed by atoms with Crippen molar-refractivity contribution in [1.29, 1.82) is 0 Å². The number of aromatic nitrogens is 6. The number of nitrogens with one attached hydrogen (secondary N) is 1. The van der Waals surface area contributed by atoms with Crippen LogP contribution in [0.15, 0.2) is 12.7 Å². The minimum atomic E-state index is 0.224. The summed E-state index contributed by atoms with van der Waals surface area (Å²) in [6.45, 7) is 4.09. The summed E-state index contributed by atoms with van der Waals surface area (Å²) in [6.07, 6.45) is 3.00. The fourth-order valence-corrected chi connectivity index (χ4v) is 2.70. The Morgan fingerprint density at radius 1 is 1.30 bits per heavy atom. The lowest BCUT2D eigenvalue weighted by molar-refractivity contribution is 0.756. The topological polar surface area (TPSA) is 72.3 Å². The predicted octanol–water partition coefficient (Wildman–Crippen LogP) is 3.05. The molecule has 3 aromatic rings. The van der Waals surface area contributed by atoms with Gasteiger partial charge in [0.15, 0.2) is 11.5 Å². The summed E-state index contributed by atoms with van der Waals surface area (Å²) in [5, 5.41) is 5.01. The third-order valence-corrected chi connectivity index (χ3v) is 3.69. The molecular weight excluding hydrogens is 299 g/mol. The van der Waals surface area contributed by atoms with Crippen LogP contribution in [0, 0.1) is 0 Å². The van der Waals surface area contributed by atoms with Gasteiger partial charge in [0.1, 0.15) is 17.0 Å². The molecule has 6 nitrogen and oxygen atoms in total. The standard InChI is InChI=1S/C12H12Cl2N6/c1-6(2)8-7(3-13)10(14)20(19-8)12-9-11(16-4-15-9)17-5-18-12/h4-6H,3H2,1-2H3,(H,15,16,17,18). The molecule has 0 saturated carbocycles. The maximum Gasteiger partial charge on any atom is 0.184 e. The van der Waals surface area contributed by atoms with Gasteiger partial charge in [-0.15, -0.1) is 11.6 Å². The van der Waals surface area contributed by atoms with Crippen LogP contribution in [0.4, 0.5) is 0 Å². The van der Waals surface area contributed by atoms with E-state index in [2.05, 4.69) is 25.0 Å². The third kappa shape index (κ3) is 1.96. The van der Waals surface area contributed by atoms with E-state index in [0.717, 1.165) is 11.3 Å². The van der Waals surface area contributed by atoms with E-state index in [1.54, 1.807) is 11.0 Å². The van der Waals surface area contributed by atoms with Gasteiger partial charge >= 0.3 is 0 Å². The highest BCUT2D eigenvalue weighted by molar-refractivity contribution is 6.31. The lowest BCUT2D eigenvalue weighted by atomic mass is 10.1. The molecule has 0 fully saturated rings. The van der Waals surface area contributed by atoms with Crippen molar-refractivity contribution in [3.8, 4) is 5.82 Å². The van der Waals surface area contributed by atoms with Gasteiger partial charge in [-0.2, -0.15) is 5.10 Å². The van der Waals surface area contributed by atoms with Gasteiger partial charge in [-0.25, -0.2) is 19.6 Å². The number of fused-ring (bicyclic) bond motifs is 1. The summed E-state index contributed by atoms with van der Waals surface area (Å²) in [7, 11) is 0. The largest absolute Gasteiger partial charge is 0.340 e. The van der Waals surface area contributed by atoms with Gasteiger partial charge in [-0.1, -0.05) is 25.4 Å². The van der Waals surface area contributed by atoms with E-state index >= 15 is 0 Å². The Bertz CT molecular complexity index is 760. The molecule has 0 aliphatic carbocycles. The maximum absolute atomic E-state index is 6.40. The maximum atomic E-state index is 6.40. The molecular formula is C12H12Cl2N6. The number of hydrogen-bond acceptors (Lipinski definition) is 4. The van der Waals surface area contributed by atoms with Gasteiger partial charge in [0.2, 0.25) is 0 Å². The smallest absolute Gasteiger partial charge is 0.184 e. The van der Waals surface area contributed by atoms with Crippen LogP contribution in [-0.2, 0) is 5.88 Å². The molecule has 0 bridgehead atoms. The van der Waals surface area contributed by atoms with Crippen molar-refractivity contribution in [2.75, 3.05) is 0 Å². The minimum absolute atomic E-state index is 0.224. The van der Waals surface area contributed by atoms with E-state index < -0.39 is 0 Å². The van der Waals surface area contributed by atoms with Crippen molar-refractivity contribution < 1.29 is 0 Å². The van der Waals surface area contributed by atoms with Crippen LogP contribution in [0.1, 0.15) is 31.0 Å². The molecule has 0 amide bonds. The molecule has 0 aliphatic heterocycles. The first-order chi connectivity index (χ1) is 9.63. The fourth-order valence-electron chi connectivity index (χ4n) is 2.09. The molecule has 20 heavy (non-hydrogen) atoms. The molecule has 104 valence electrons. The van der Waals surface area contributed by atoms with Crippen LogP contribution in [0.3, 0.4) is 0 Å². The van der Waals surface area contributed by atoms with Gasteiger partial charge < -0.3 is 4.98 Å². The Hall–Kier alpha value is -1.66. The Labute approximate surface area is 125 Å². The number of nitrogens with zero attached hydrogens (tertiary/aromatic N) is 5. The minimum Gasteiger partial charge on any atom is -0.340 e. The van der Waals surface area contributed by atoms with Crippen molar-refractivity contribution in [3.63, 3.8) is 0 Å². The third-order valence-electron chi connectivity index (χ3n) is 3.04. The van der Waals surface area contributed by atoms with Gasteiger partial charge in [0.05, 0.1) is 17.9 Å². The zero-order valence-electron chi connectivity index (χ0n) is 10.9. The number of aromatic amines is 1. The number of imidazole rings is 1. The van der Waals surface area contributed by atoms with Crippen molar-refractivity contribution in [3.05, 3.63) is 29.1 Å². The van der Waals surface area contributed by atoms with E-state index in [0.29, 0.717) is 28.0 Å². The number of alkyl halides is 1. The monoisotopic (exact) mass is 310 g/mol. The molecule has 0 spiro atoms. The van der Waals surface area contributed by atoms with E-state index in [4.69, 9.17) is 23.2 Å². The number of rotatable bonds is 3. The second-order valence-corrected chi connectivity index (χ2v) is 5.28. The SMILES string of the molecule is CC(C)c1nn(-c2ncnc3nc[nH]c23)c(Cl)c1CCl. The molecule has 1 N–H and O–H groups in total. The second-order valence-electron chi connectivity index (χ2n) is 4.65. The highest BCUT2D eigenvalue weighted by atomic mass is 35.5. The summed E-state index contributed by atoms with van der Waals surface area (Å²) >= 11 is 12.4. The number of halogens is 2. The van der Waals surface area contributed by atoms with E-state index in [1.165, 1.54) is 6.33 Å². The van der Waals surface area contributed by atoms with Crippen molar-refractivity contribution in [1.82, 2.24) is 29.7 Å². The lowest BCUT2D eigenvalue weighted by Gasteiger charge is -2.02. The quantitative estimate of drug-likeness (QED) is 0.755. The first-order valence-electron chi connectivity index (χ1n) is 6.11. The molecule has 0 saturated heterocycles. The van der Waals surface area contributed by atoms with Crippen molar-refractivity contribution in [2.24, 2.45) is 0 Å². The molecule has 0 aliphatic rings. The van der Waals surface area contributed by atoms with Crippen molar-refractivity contribution >= 4 is 34.4 Å². The first kappa shape index (κ1) is 13.3. The Morgan fingerprint density at radius 3 is 2.75 bits per heavy atom.